The van der Waals surface area contributed by atoms with Crippen LogP contribution in [0.4, 0.5) is 11.5 Å². The van der Waals surface area contributed by atoms with Crippen molar-refractivity contribution in [3.8, 4) is 11.3 Å². The second-order valence-electron chi connectivity index (χ2n) is 6.70. The van der Waals surface area contributed by atoms with E-state index in [2.05, 4.69) is 16.0 Å². The van der Waals surface area contributed by atoms with Crippen molar-refractivity contribution in [2.75, 3.05) is 5.73 Å². The predicted octanol–water partition coefficient (Wildman–Crippen LogP) is 4.57. The van der Waals surface area contributed by atoms with E-state index in [1.165, 1.54) is 11.3 Å². The number of thiazole rings is 1. The zero-order valence-corrected chi connectivity index (χ0v) is 15.9. The fourth-order valence-electron chi connectivity index (χ4n) is 3.42. The minimum Gasteiger partial charge on any atom is -0.384 e. The summed E-state index contributed by atoms with van der Waals surface area (Å²) in [5.41, 5.74) is 12.3. The zero-order chi connectivity index (χ0) is 19.3. The van der Waals surface area contributed by atoms with Gasteiger partial charge in [-0.2, -0.15) is 4.98 Å². The summed E-state index contributed by atoms with van der Waals surface area (Å²) >= 11 is 1.40. The molecule has 2 N–H and O–H groups in total. The van der Waals surface area contributed by atoms with Crippen LogP contribution in [0.5, 0.6) is 0 Å². The van der Waals surface area contributed by atoms with Crippen molar-refractivity contribution in [2.45, 2.75) is 6.92 Å². The molecular weight excluding hydrogens is 368 g/mol. The van der Waals surface area contributed by atoms with E-state index in [0.717, 1.165) is 33.6 Å². The Kier molecular flexibility index (Phi) is 3.74. The van der Waals surface area contributed by atoms with E-state index < -0.39 is 0 Å². The van der Waals surface area contributed by atoms with Gasteiger partial charge in [-0.15, -0.1) is 11.3 Å². The molecule has 2 aromatic carbocycles. The molecule has 0 saturated heterocycles. The van der Waals surface area contributed by atoms with Gasteiger partial charge in [0.2, 0.25) is 0 Å². The van der Waals surface area contributed by atoms with Crippen molar-refractivity contribution in [3.63, 3.8) is 0 Å². The van der Waals surface area contributed by atoms with Gasteiger partial charge in [0.15, 0.2) is 4.96 Å². The Morgan fingerprint density at radius 3 is 2.79 bits per heavy atom. The number of aryl methyl sites for hydroxylation is 1. The van der Waals surface area contributed by atoms with Gasteiger partial charge in [0.1, 0.15) is 5.82 Å². The van der Waals surface area contributed by atoms with Gasteiger partial charge in [0.05, 0.1) is 16.9 Å². The lowest BCUT2D eigenvalue weighted by Gasteiger charge is -2.08. The molecule has 28 heavy (non-hydrogen) atoms. The number of anilines is 1. The number of nitrogens with zero attached hydrogens (tertiary/aromatic N) is 3. The summed E-state index contributed by atoms with van der Waals surface area (Å²) in [4.78, 5) is 22.0. The summed E-state index contributed by atoms with van der Waals surface area (Å²) in [6.45, 7) is 2.03. The van der Waals surface area contributed by atoms with Crippen molar-refractivity contribution in [1.82, 2.24) is 9.38 Å². The van der Waals surface area contributed by atoms with Gasteiger partial charge in [0, 0.05) is 22.7 Å². The second kappa shape index (κ2) is 6.28. The molecule has 0 radical (unpaired) electrons. The van der Waals surface area contributed by atoms with Gasteiger partial charge in [-0.1, -0.05) is 42.0 Å². The Morgan fingerprint density at radius 2 is 1.96 bits per heavy atom. The number of aliphatic imine (C=N–C) groups is 1. The number of aromatic nitrogens is 2. The average Bonchev–Trinajstić information content (AvgIpc) is 3.30. The summed E-state index contributed by atoms with van der Waals surface area (Å²) in [5.74, 6) is 0.386. The van der Waals surface area contributed by atoms with Crippen LogP contribution < -0.4 is 11.3 Å². The molecule has 0 unspecified atom stereocenters. The molecule has 3 heterocycles. The van der Waals surface area contributed by atoms with Crippen LogP contribution in [0.25, 0.3) is 27.9 Å². The number of rotatable bonds is 2. The number of allylic oxidation sites excluding steroid dienone is 1. The summed E-state index contributed by atoms with van der Waals surface area (Å²) in [6.07, 6.45) is 3.56. The Morgan fingerprint density at radius 1 is 1.14 bits per heavy atom. The SMILES string of the molecule is Cc1ccc2c(c1)C(=Cc1c(N)n3c(-c4ccccc4)csc3nc1=O)C=N2. The van der Waals surface area contributed by atoms with E-state index in [1.807, 2.05) is 59.2 Å². The molecule has 0 amide bonds. The molecule has 6 heteroatoms. The molecule has 0 saturated carbocycles. The topological polar surface area (TPSA) is 72.8 Å². The molecule has 0 spiro atoms. The normalized spacial score (nSPS) is 14.1. The van der Waals surface area contributed by atoms with Crippen molar-refractivity contribution in [1.29, 1.82) is 0 Å². The molecule has 0 aliphatic carbocycles. The minimum absolute atomic E-state index is 0.332. The first-order valence-electron chi connectivity index (χ1n) is 8.84. The Bertz CT molecular complexity index is 1350. The quantitative estimate of drug-likeness (QED) is 0.550. The first kappa shape index (κ1) is 16.6. The molecule has 0 fully saturated rings. The third-order valence-corrected chi connectivity index (χ3v) is 5.65. The molecule has 2 aromatic heterocycles. The maximum Gasteiger partial charge on any atom is 0.283 e. The molecule has 5 nitrogen and oxygen atoms in total. The molecule has 0 bridgehead atoms. The van der Waals surface area contributed by atoms with Crippen LogP contribution in [-0.2, 0) is 0 Å². The second-order valence-corrected chi connectivity index (χ2v) is 7.54. The fourth-order valence-corrected chi connectivity index (χ4v) is 4.31. The van der Waals surface area contributed by atoms with E-state index in [4.69, 9.17) is 5.73 Å². The third kappa shape index (κ3) is 2.58. The number of hydrogen-bond donors (Lipinski definition) is 1. The summed E-state index contributed by atoms with van der Waals surface area (Å²) in [7, 11) is 0. The fraction of sp³-hybridized carbons (Fsp3) is 0.0455. The van der Waals surface area contributed by atoms with Gasteiger partial charge in [-0.05, 0) is 30.7 Å². The lowest BCUT2D eigenvalue weighted by Crippen LogP contribution is -2.16. The Labute approximate surface area is 165 Å². The highest BCUT2D eigenvalue weighted by atomic mass is 32.1. The van der Waals surface area contributed by atoms with E-state index >= 15 is 0 Å². The van der Waals surface area contributed by atoms with Crippen molar-refractivity contribution >= 4 is 45.7 Å². The lowest BCUT2D eigenvalue weighted by atomic mass is 10.0. The maximum absolute atomic E-state index is 12.7. The number of nitrogen functional groups attached to an aromatic ring is 1. The number of benzene rings is 2. The smallest absolute Gasteiger partial charge is 0.283 e. The van der Waals surface area contributed by atoms with Gasteiger partial charge < -0.3 is 5.73 Å². The van der Waals surface area contributed by atoms with Crippen LogP contribution in [0.3, 0.4) is 0 Å². The van der Waals surface area contributed by atoms with Gasteiger partial charge >= 0.3 is 0 Å². The third-order valence-electron chi connectivity index (χ3n) is 4.83. The van der Waals surface area contributed by atoms with Crippen LogP contribution in [0, 0.1) is 6.92 Å². The zero-order valence-electron chi connectivity index (χ0n) is 15.1. The first-order valence-corrected chi connectivity index (χ1v) is 9.72. The van der Waals surface area contributed by atoms with Crippen molar-refractivity contribution in [3.05, 3.63) is 81.0 Å². The van der Waals surface area contributed by atoms with Gasteiger partial charge in [-0.25, -0.2) is 0 Å². The van der Waals surface area contributed by atoms with Crippen molar-refractivity contribution in [2.24, 2.45) is 4.99 Å². The number of fused-ring (bicyclic) bond motifs is 2. The molecule has 1 aliphatic rings. The number of nitrogens with two attached hydrogens (primary N) is 1. The highest BCUT2D eigenvalue weighted by Crippen LogP contribution is 2.34. The molecular formula is C22H16N4OS. The van der Waals surface area contributed by atoms with Gasteiger partial charge in [0.25, 0.3) is 5.56 Å². The Balaban J connectivity index is 1.73. The monoisotopic (exact) mass is 384 g/mol. The van der Waals surface area contributed by atoms with Gasteiger partial charge in [-0.3, -0.25) is 14.2 Å². The van der Waals surface area contributed by atoms with E-state index in [9.17, 15) is 4.79 Å². The number of hydrogen-bond acceptors (Lipinski definition) is 5. The Hall–Kier alpha value is -3.51. The molecule has 4 aromatic rings. The first-order chi connectivity index (χ1) is 13.6. The van der Waals surface area contributed by atoms with E-state index in [0.29, 0.717) is 16.3 Å². The summed E-state index contributed by atoms with van der Waals surface area (Å²) in [5, 5.41) is 1.97. The molecule has 136 valence electrons. The maximum atomic E-state index is 12.7. The molecule has 1 aliphatic heterocycles. The molecule has 0 atom stereocenters. The van der Waals surface area contributed by atoms with E-state index in [1.54, 1.807) is 12.3 Å². The average molecular weight is 384 g/mol. The van der Waals surface area contributed by atoms with Crippen LogP contribution in [-0.4, -0.2) is 15.6 Å². The predicted molar refractivity (Wildman–Crippen MR) is 116 cm³/mol. The summed E-state index contributed by atoms with van der Waals surface area (Å²) < 4.78 is 1.84. The van der Waals surface area contributed by atoms with Crippen LogP contribution >= 0.6 is 11.3 Å². The summed E-state index contributed by atoms with van der Waals surface area (Å²) in [6, 6.07) is 16.0. The van der Waals surface area contributed by atoms with Crippen LogP contribution in [0.15, 0.2) is 63.7 Å². The largest absolute Gasteiger partial charge is 0.384 e. The van der Waals surface area contributed by atoms with Crippen molar-refractivity contribution < 1.29 is 0 Å². The minimum atomic E-state index is -0.332. The highest BCUT2D eigenvalue weighted by molar-refractivity contribution is 7.15. The van der Waals surface area contributed by atoms with Crippen LogP contribution in [0.2, 0.25) is 0 Å². The van der Waals surface area contributed by atoms with Crippen LogP contribution in [0.1, 0.15) is 16.7 Å². The standard InChI is InChI=1S/C22H16N4OS/c1-13-7-8-18-16(9-13)15(11-24-18)10-17-20(23)26-19(14-5-3-2-4-6-14)12-28-22(26)25-21(17)27/h2-12H,23H2,1H3. The highest BCUT2D eigenvalue weighted by Gasteiger charge is 2.17. The molecule has 5 rings (SSSR count). The van der Waals surface area contributed by atoms with E-state index in [-0.39, 0.29) is 5.56 Å². The lowest BCUT2D eigenvalue weighted by molar-refractivity contribution is 1.12.